The summed E-state index contributed by atoms with van der Waals surface area (Å²) in [5.74, 6) is -3.37. The molecule has 1 amide bonds. The third-order valence-electron chi connectivity index (χ3n) is 4.93. The van der Waals surface area contributed by atoms with Gasteiger partial charge in [-0.1, -0.05) is 0 Å². The number of nitrogens with one attached hydrogen (secondary N) is 1. The van der Waals surface area contributed by atoms with Crippen LogP contribution in [0.4, 0.5) is 8.78 Å². The molecular weight excluding hydrogens is 400 g/mol. The number of alkyl halides is 2. The van der Waals surface area contributed by atoms with Crippen molar-refractivity contribution in [3.05, 3.63) is 24.7 Å². The van der Waals surface area contributed by atoms with Crippen LogP contribution in [0.2, 0.25) is 0 Å². The molecule has 4 rings (SSSR count). The molecule has 4 heterocycles. The van der Waals surface area contributed by atoms with Gasteiger partial charge < -0.3 is 9.73 Å². The lowest BCUT2D eigenvalue weighted by molar-refractivity contribution is -0.151. The Kier molecular flexibility index (Phi) is 4.35. The van der Waals surface area contributed by atoms with Crippen LogP contribution < -0.4 is 5.32 Å². The summed E-state index contributed by atoms with van der Waals surface area (Å²) >= 11 is 0.918. The molecule has 27 heavy (non-hydrogen) atoms. The highest BCUT2D eigenvalue weighted by Gasteiger charge is 2.56. The Hall–Kier alpha value is -1.85. The summed E-state index contributed by atoms with van der Waals surface area (Å²) in [6, 6.07) is 2.90. The van der Waals surface area contributed by atoms with E-state index in [9.17, 15) is 22.0 Å². The molecule has 2 aliphatic heterocycles. The number of sulfonamides is 1. The van der Waals surface area contributed by atoms with Crippen molar-refractivity contribution in [3.63, 3.8) is 0 Å². The van der Waals surface area contributed by atoms with E-state index in [1.807, 2.05) is 0 Å². The number of piperidine rings is 2. The van der Waals surface area contributed by atoms with Crippen LogP contribution in [0.1, 0.15) is 19.3 Å². The van der Waals surface area contributed by atoms with Gasteiger partial charge >= 0.3 is 0 Å². The van der Waals surface area contributed by atoms with Gasteiger partial charge in [-0.3, -0.25) is 4.79 Å². The molecule has 2 aliphatic rings. The average molecular weight is 417 g/mol. The maximum Gasteiger partial charge on any atom is 0.262 e. The van der Waals surface area contributed by atoms with Gasteiger partial charge in [0.05, 0.1) is 23.0 Å². The number of nitrogens with zero attached hydrogens (tertiary/aromatic N) is 2. The standard InChI is InChI=1S/C16H17F2N3O4S2/c17-16(18)7-15(4-1-5-20-14(15)22)8-21(9-16)27(23,24)13-3-2-12(26-13)11-6-19-10-25-11/h2-3,6,10H,1,4-5,7-9H2,(H,20,22)/t15-/m1/s1. The predicted octanol–water partition coefficient (Wildman–Crippen LogP) is 2.33. The average Bonchev–Trinajstić information content (AvgIpc) is 3.27. The van der Waals surface area contributed by atoms with Gasteiger partial charge in [-0.15, -0.1) is 11.3 Å². The number of hydrogen-bond donors (Lipinski definition) is 1. The molecule has 1 spiro atoms. The van der Waals surface area contributed by atoms with Crippen molar-refractivity contribution >= 4 is 27.3 Å². The molecule has 0 radical (unpaired) electrons. The molecule has 0 aromatic carbocycles. The molecule has 11 heteroatoms. The lowest BCUT2D eigenvalue weighted by Gasteiger charge is -2.45. The van der Waals surface area contributed by atoms with Gasteiger partial charge in [-0.2, -0.15) is 4.31 Å². The van der Waals surface area contributed by atoms with Crippen LogP contribution in [0.3, 0.4) is 0 Å². The highest BCUT2D eigenvalue weighted by Crippen LogP contribution is 2.45. The summed E-state index contributed by atoms with van der Waals surface area (Å²) in [4.78, 5) is 16.7. The van der Waals surface area contributed by atoms with E-state index < -0.39 is 40.2 Å². The molecule has 1 atom stereocenters. The zero-order valence-electron chi connectivity index (χ0n) is 14.2. The first-order chi connectivity index (χ1) is 12.7. The van der Waals surface area contributed by atoms with E-state index in [1.165, 1.54) is 18.7 Å². The van der Waals surface area contributed by atoms with Crippen molar-refractivity contribution in [2.75, 3.05) is 19.6 Å². The van der Waals surface area contributed by atoms with Gasteiger partial charge in [-0.25, -0.2) is 22.2 Å². The van der Waals surface area contributed by atoms with Crippen LogP contribution in [0.15, 0.2) is 33.3 Å². The second-order valence-corrected chi connectivity index (χ2v) is 10.2. The van der Waals surface area contributed by atoms with E-state index >= 15 is 0 Å². The monoisotopic (exact) mass is 417 g/mol. The quantitative estimate of drug-likeness (QED) is 0.828. The second kappa shape index (κ2) is 6.35. The molecular formula is C16H17F2N3O4S2. The smallest absolute Gasteiger partial charge is 0.262 e. The van der Waals surface area contributed by atoms with E-state index in [0.29, 0.717) is 23.6 Å². The fourth-order valence-electron chi connectivity index (χ4n) is 3.73. The first kappa shape index (κ1) is 18.5. The van der Waals surface area contributed by atoms with Crippen molar-refractivity contribution in [1.29, 1.82) is 0 Å². The van der Waals surface area contributed by atoms with Crippen molar-refractivity contribution < 1.29 is 26.4 Å². The molecule has 2 aromatic rings. The number of amides is 1. The van der Waals surface area contributed by atoms with Crippen molar-refractivity contribution in [1.82, 2.24) is 14.6 Å². The first-order valence-corrected chi connectivity index (χ1v) is 10.6. The third-order valence-corrected chi connectivity index (χ3v) is 8.29. The molecule has 0 bridgehead atoms. The van der Waals surface area contributed by atoms with Crippen LogP contribution in [-0.2, 0) is 14.8 Å². The summed E-state index contributed by atoms with van der Waals surface area (Å²) in [6.07, 6.45) is 2.82. The van der Waals surface area contributed by atoms with Crippen molar-refractivity contribution in [3.8, 4) is 10.6 Å². The van der Waals surface area contributed by atoms with E-state index in [1.54, 1.807) is 6.07 Å². The first-order valence-electron chi connectivity index (χ1n) is 8.37. The summed E-state index contributed by atoms with van der Waals surface area (Å²) in [5.41, 5.74) is -1.39. The number of hydrogen-bond acceptors (Lipinski definition) is 6. The highest BCUT2D eigenvalue weighted by molar-refractivity contribution is 7.91. The van der Waals surface area contributed by atoms with Gasteiger partial charge in [0.25, 0.3) is 15.9 Å². The van der Waals surface area contributed by atoms with Crippen molar-refractivity contribution in [2.24, 2.45) is 5.41 Å². The summed E-state index contributed by atoms with van der Waals surface area (Å²) < 4.78 is 60.7. The molecule has 1 N–H and O–H groups in total. The van der Waals surface area contributed by atoms with Crippen LogP contribution in [0.5, 0.6) is 0 Å². The third kappa shape index (κ3) is 3.27. The number of oxazole rings is 1. The number of rotatable bonds is 3. The molecule has 0 saturated carbocycles. The maximum atomic E-state index is 14.4. The molecule has 2 aromatic heterocycles. The van der Waals surface area contributed by atoms with Gasteiger partial charge in [0, 0.05) is 19.5 Å². The predicted molar refractivity (Wildman–Crippen MR) is 92.8 cm³/mol. The fourth-order valence-corrected chi connectivity index (χ4v) is 6.70. The summed E-state index contributed by atoms with van der Waals surface area (Å²) in [6.45, 7) is -0.753. The van der Waals surface area contributed by atoms with Gasteiger partial charge in [0.1, 0.15) is 4.21 Å². The molecule has 0 unspecified atom stereocenters. The highest BCUT2D eigenvalue weighted by atomic mass is 32.2. The number of carbonyl (C=O) groups excluding carboxylic acids is 1. The Morgan fingerprint density at radius 3 is 2.81 bits per heavy atom. The minimum atomic E-state index is -4.17. The summed E-state index contributed by atoms with van der Waals surface area (Å²) in [7, 11) is -4.17. The Morgan fingerprint density at radius 2 is 2.11 bits per heavy atom. The number of thiophene rings is 1. The van der Waals surface area contributed by atoms with Gasteiger partial charge in [0.15, 0.2) is 12.2 Å². The normalized spacial score (nSPS) is 26.2. The summed E-state index contributed by atoms with van der Waals surface area (Å²) in [5, 5.41) is 2.60. The topological polar surface area (TPSA) is 92.5 Å². The zero-order chi connectivity index (χ0) is 19.3. The second-order valence-electron chi connectivity index (χ2n) is 6.93. The molecule has 2 saturated heterocycles. The number of carbonyl (C=O) groups is 1. The minimum Gasteiger partial charge on any atom is -0.443 e. The van der Waals surface area contributed by atoms with E-state index in [-0.39, 0.29) is 17.2 Å². The molecule has 2 fully saturated rings. The zero-order valence-corrected chi connectivity index (χ0v) is 15.8. The van der Waals surface area contributed by atoms with Crippen molar-refractivity contribution in [2.45, 2.75) is 29.4 Å². The van der Waals surface area contributed by atoms with E-state index in [2.05, 4.69) is 10.3 Å². The SMILES string of the molecule is O=C1NCCC[C@@]12CN(S(=O)(=O)c1ccc(-c3cnco3)s1)CC(F)(F)C2. The minimum absolute atomic E-state index is 0.0713. The van der Waals surface area contributed by atoms with E-state index in [0.717, 1.165) is 15.6 Å². The number of halogens is 2. The molecule has 0 aliphatic carbocycles. The molecule has 146 valence electrons. The Bertz CT molecular complexity index is 958. The van der Waals surface area contributed by atoms with Crippen LogP contribution >= 0.6 is 11.3 Å². The molecule has 7 nitrogen and oxygen atoms in total. The fraction of sp³-hybridized carbons (Fsp3) is 0.500. The van der Waals surface area contributed by atoms with Crippen LogP contribution in [-0.4, -0.2) is 49.2 Å². The lowest BCUT2D eigenvalue weighted by Crippen LogP contribution is -2.61. The Labute approximate surface area is 158 Å². The Balaban J connectivity index is 1.67. The van der Waals surface area contributed by atoms with Crippen LogP contribution in [0, 0.1) is 5.41 Å². The van der Waals surface area contributed by atoms with Gasteiger partial charge in [0.2, 0.25) is 5.91 Å². The van der Waals surface area contributed by atoms with Gasteiger partial charge in [-0.05, 0) is 25.0 Å². The van der Waals surface area contributed by atoms with E-state index in [4.69, 9.17) is 4.42 Å². The lowest BCUT2D eigenvalue weighted by atomic mass is 9.73. The maximum absolute atomic E-state index is 14.4. The number of aromatic nitrogens is 1. The Morgan fingerprint density at radius 1 is 1.30 bits per heavy atom. The largest absolute Gasteiger partial charge is 0.443 e. The van der Waals surface area contributed by atoms with Crippen LogP contribution in [0.25, 0.3) is 10.6 Å².